The standard InChI is InChI=1S/C8H15N5O3/c1-15-5-3-13(4-6-16-2)8(14)7-9-11-12-10-7/h3-6H2,1-2H3,(H,9,10,11,12). The van der Waals surface area contributed by atoms with Gasteiger partial charge in [0.05, 0.1) is 13.2 Å². The number of ether oxygens (including phenoxy) is 2. The minimum atomic E-state index is -0.289. The van der Waals surface area contributed by atoms with E-state index >= 15 is 0 Å². The molecule has 0 bridgehead atoms. The summed E-state index contributed by atoms with van der Waals surface area (Å²) in [5.41, 5.74) is 0. The summed E-state index contributed by atoms with van der Waals surface area (Å²) in [5.74, 6) is -0.241. The number of rotatable bonds is 7. The topological polar surface area (TPSA) is 93.2 Å². The van der Waals surface area contributed by atoms with Gasteiger partial charge in [-0.15, -0.1) is 10.2 Å². The number of aromatic amines is 1. The molecular weight excluding hydrogens is 214 g/mol. The van der Waals surface area contributed by atoms with Gasteiger partial charge in [-0.1, -0.05) is 0 Å². The highest BCUT2D eigenvalue weighted by atomic mass is 16.5. The molecule has 1 heterocycles. The molecule has 1 amide bonds. The van der Waals surface area contributed by atoms with Crippen molar-refractivity contribution in [1.82, 2.24) is 25.5 Å². The van der Waals surface area contributed by atoms with Crippen LogP contribution in [0.1, 0.15) is 10.6 Å². The van der Waals surface area contributed by atoms with Crippen molar-refractivity contribution in [3.8, 4) is 0 Å². The van der Waals surface area contributed by atoms with Crippen LogP contribution >= 0.6 is 0 Å². The predicted octanol–water partition coefficient (Wildman–Crippen LogP) is -1.07. The maximum Gasteiger partial charge on any atom is 0.295 e. The molecule has 16 heavy (non-hydrogen) atoms. The van der Waals surface area contributed by atoms with Gasteiger partial charge in [0.2, 0.25) is 0 Å². The third kappa shape index (κ3) is 3.55. The summed E-state index contributed by atoms with van der Waals surface area (Å²) < 4.78 is 9.84. The Bertz CT molecular complexity index is 295. The number of tetrazole rings is 1. The van der Waals surface area contributed by atoms with Crippen molar-refractivity contribution in [2.45, 2.75) is 0 Å². The van der Waals surface area contributed by atoms with Crippen LogP contribution in [0, 0.1) is 0 Å². The third-order valence-electron chi connectivity index (χ3n) is 1.95. The molecule has 0 aromatic carbocycles. The van der Waals surface area contributed by atoms with E-state index in [0.717, 1.165) is 0 Å². The molecule has 0 aliphatic rings. The van der Waals surface area contributed by atoms with E-state index in [9.17, 15) is 4.79 Å². The van der Waals surface area contributed by atoms with E-state index in [2.05, 4.69) is 20.6 Å². The first kappa shape index (κ1) is 12.5. The van der Waals surface area contributed by atoms with Crippen molar-refractivity contribution in [3.63, 3.8) is 0 Å². The third-order valence-corrected chi connectivity index (χ3v) is 1.95. The summed E-state index contributed by atoms with van der Waals surface area (Å²) in [6.07, 6.45) is 0. The number of hydrogen-bond acceptors (Lipinski definition) is 6. The Hall–Kier alpha value is -1.54. The molecule has 8 nitrogen and oxygen atoms in total. The summed E-state index contributed by atoms with van der Waals surface area (Å²) in [5, 5.41) is 12.8. The van der Waals surface area contributed by atoms with Gasteiger partial charge in [0.15, 0.2) is 0 Å². The molecule has 90 valence electrons. The van der Waals surface area contributed by atoms with Gasteiger partial charge in [-0.25, -0.2) is 0 Å². The summed E-state index contributed by atoms with van der Waals surface area (Å²) in [6.45, 7) is 1.83. The van der Waals surface area contributed by atoms with Gasteiger partial charge in [-0.3, -0.25) is 4.79 Å². The van der Waals surface area contributed by atoms with Crippen LogP contribution in [0.3, 0.4) is 0 Å². The van der Waals surface area contributed by atoms with Crippen LogP contribution < -0.4 is 0 Å². The molecular formula is C8H15N5O3. The maximum absolute atomic E-state index is 11.8. The van der Waals surface area contributed by atoms with Crippen LogP contribution in [0.25, 0.3) is 0 Å². The molecule has 8 heteroatoms. The van der Waals surface area contributed by atoms with Gasteiger partial charge in [0, 0.05) is 27.3 Å². The highest BCUT2D eigenvalue weighted by Crippen LogP contribution is 1.97. The van der Waals surface area contributed by atoms with Gasteiger partial charge in [-0.05, 0) is 5.21 Å². The molecule has 0 spiro atoms. The number of carbonyl (C=O) groups is 1. The number of nitrogens with zero attached hydrogens (tertiary/aromatic N) is 4. The number of amides is 1. The zero-order valence-electron chi connectivity index (χ0n) is 9.34. The van der Waals surface area contributed by atoms with Crippen LogP contribution in [0.5, 0.6) is 0 Å². The Morgan fingerprint density at radius 2 is 1.94 bits per heavy atom. The summed E-state index contributed by atoms with van der Waals surface area (Å²) in [6, 6.07) is 0. The summed E-state index contributed by atoms with van der Waals surface area (Å²) >= 11 is 0. The molecule has 0 atom stereocenters. The SMILES string of the molecule is COCCN(CCOC)C(=O)c1nn[nH]n1. The van der Waals surface area contributed by atoms with E-state index in [0.29, 0.717) is 26.3 Å². The molecule has 1 aromatic rings. The number of H-pyrrole nitrogens is 1. The Morgan fingerprint density at radius 1 is 1.31 bits per heavy atom. The Kier molecular flexibility index (Phi) is 5.37. The lowest BCUT2D eigenvalue weighted by Gasteiger charge is -2.19. The molecule has 0 saturated carbocycles. The summed E-state index contributed by atoms with van der Waals surface area (Å²) in [4.78, 5) is 13.4. The fraction of sp³-hybridized carbons (Fsp3) is 0.750. The van der Waals surface area contributed by atoms with E-state index in [-0.39, 0.29) is 11.7 Å². The Morgan fingerprint density at radius 3 is 2.38 bits per heavy atom. The molecule has 0 fully saturated rings. The smallest absolute Gasteiger partial charge is 0.295 e. The molecule has 1 N–H and O–H groups in total. The van der Waals surface area contributed by atoms with Crippen LogP contribution in [0.2, 0.25) is 0 Å². The van der Waals surface area contributed by atoms with E-state index in [1.165, 1.54) is 0 Å². The largest absolute Gasteiger partial charge is 0.383 e. The minimum absolute atomic E-state index is 0.0483. The van der Waals surface area contributed by atoms with E-state index < -0.39 is 0 Å². The minimum Gasteiger partial charge on any atom is -0.383 e. The highest BCUT2D eigenvalue weighted by Gasteiger charge is 2.18. The number of methoxy groups -OCH3 is 2. The maximum atomic E-state index is 11.8. The van der Waals surface area contributed by atoms with Crippen molar-refractivity contribution in [2.75, 3.05) is 40.5 Å². The lowest BCUT2D eigenvalue weighted by molar-refractivity contribution is 0.0616. The van der Waals surface area contributed by atoms with Crippen molar-refractivity contribution in [1.29, 1.82) is 0 Å². The Labute approximate surface area is 92.9 Å². The zero-order valence-corrected chi connectivity index (χ0v) is 9.34. The van der Waals surface area contributed by atoms with E-state index in [1.807, 2.05) is 0 Å². The van der Waals surface area contributed by atoms with Gasteiger partial charge < -0.3 is 14.4 Å². The van der Waals surface area contributed by atoms with Crippen molar-refractivity contribution >= 4 is 5.91 Å². The quantitative estimate of drug-likeness (QED) is 0.640. The van der Waals surface area contributed by atoms with Crippen LogP contribution in [-0.4, -0.2) is 72.0 Å². The number of carbonyl (C=O) groups excluding carboxylic acids is 1. The predicted molar refractivity (Wildman–Crippen MR) is 53.8 cm³/mol. The highest BCUT2D eigenvalue weighted by molar-refractivity contribution is 5.90. The molecule has 0 aliphatic heterocycles. The van der Waals surface area contributed by atoms with Crippen LogP contribution in [0.4, 0.5) is 0 Å². The zero-order chi connectivity index (χ0) is 11.8. The average molecular weight is 229 g/mol. The first-order chi connectivity index (χ1) is 7.79. The normalized spacial score (nSPS) is 10.4. The molecule has 0 aliphatic carbocycles. The van der Waals surface area contributed by atoms with E-state index in [4.69, 9.17) is 9.47 Å². The van der Waals surface area contributed by atoms with Crippen LogP contribution in [-0.2, 0) is 9.47 Å². The van der Waals surface area contributed by atoms with Gasteiger partial charge >= 0.3 is 0 Å². The molecule has 0 unspecified atom stereocenters. The van der Waals surface area contributed by atoms with E-state index in [1.54, 1.807) is 19.1 Å². The lowest BCUT2D eigenvalue weighted by Crippen LogP contribution is -2.37. The second-order valence-electron chi connectivity index (χ2n) is 3.01. The number of aromatic nitrogens is 4. The monoisotopic (exact) mass is 229 g/mol. The first-order valence-electron chi connectivity index (χ1n) is 4.80. The van der Waals surface area contributed by atoms with Gasteiger partial charge in [0.1, 0.15) is 0 Å². The average Bonchev–Trinajstić information content (AvgIpc) is 2.82. The van der Waals surface area contributed by atoms with Crippen molar-refractivity contribution < 1.29 is 14.3 Å². The molecule has 0 radical (unpaired) electrons. The van der Waals surface area contributed by atoms with Gasteiger partial charge in [0.25, 0.3) is 11.7 Å². The fourth-order valence-corrected chi connectivity index (χ4v) is 1.11. The van der Waals surface area contributed by atoms with Gasteiger partial charge in [-0.2, -0.15) is 5.21 Å². The molecule has 1 aromatic heterocycles. The number of nitrogens with one attached hydrogen (secondary N) is 1. The summed E-state index contributed by atoms with van der Waals surface area (Å²) in [7, 11) is 3.15. The number of hydrogen-bond donors (Lipinski definition) is 1. The molecule has 0 saturated heterocycles. The second kappa shape index (κ2) is 6.85. The second-order valence-corrected chi connectivity index (χ2v) is 3.01. The first-order valence-corrected chi connectivity index (χ1v) is 4.80. The Balaban J connectivity index is 2.56. The molecule has 1 rings (SSSR count). The lowest BCUT2D eigenvalue weighted by atomic mass is 10.4. The van der Waals surface area contributed by atoms with Crippen molar-refractivity contribution in [3.05, 3.63) is 5.82 Å². The van der Waals surface area contributed by atoms with Crippen LogP contribution in [0.15, 0.2) is 0 Å². The fourth-order valence-electron chi connectivity index (χ4n) is 1.11. The van der Waals surface area contributed by atoms with Crippen molar-refractivity contribution in [2.24, 2.45) is 0 Å².